The Labute approximate surface area is 146 Å². The van der Waals surface area contributed by atoms with Crippen LogP contribution in [-0.2, 0) is 6.54 Å². The van der Waals surface area contributed by atoms with Gasteiger partial charge in [-0.25, -0.2) is 0 Å². The molecule has 2 aromatic carbocycles. The van der Waals surface area contributed by atoms with Gasteiger partial charge in [0, 0.05) is 23.7 Å². The van der Waals surface area contributed by atoms with Crippen LogP contribution in [0.3, 0.4) is 0 Å². The molecule has 0 aliphatic rings. The molecule has 0 saturated heterocycles. The van der Waals surface area contributed by atoms with Crippen molar-refractivity contribution in [2.45, 2.75) is 32.9 Å². The molecule has 2 rings (SSSR count). The quantitative estimate of drug-likeness (QED) is 0.563. The molecule has 0 aliphatic heterocycles. The maximum absolute atomic E-state index is 13.0. The molecule has 6 heteroatoms. The van der Waals surface area contributed by atoms with Gasteiger partial charge in [0.25, 0.3) is 11.6 Å². The second-order valence-corrected chi connectivity index (χ2v) is 6.03. The number of carbonyl (C=O) groups is 1. The lowest BCUT2D eigenvalue weighted by Crippen LogP contribution is -2.38. The minimum absolute atomic E-state index is 0.0482. The third kappa shape index (κ3) is 4.11. The summed E-state index contributed by atoms with van der Waals surface area (Å²) in [5, 5.41) is 11.5. The number of hydrogen-bond acceptors (Lipinski definition) is 3. The summed E-state index contributed by atoms with van der Waals surface area (Å²) >= 11 is 5.84. The molecule has 0 saturated carbocycles. The van der Waals surface area contributed by atoms with Gasteiger partial charge in [-0.1, -0.05) is 48.9 Å². The fraction of sp³-hybridized carbons (Fsp3) is 0.278. The van der Waals surface area contributed by atoms with Crippen LogP contribution in [0.2, 0.25) is 5.02 Å². The summed E-state index contributed by atoms with van der Waals surface area (Å²) < 4.78 is 0. The van der Waals surface area contributed by atoms with Crippen LogP contribution < -0.4 is 0 Å². The Kier molecular flexibility index (Phi) is 5.93. The van der Waals surface area contributed by atoms with Gasteiger partial charge in [-0.3, -0.25) is 14.9 Å². The van der Waals surface area contributed by atoms with Crippen molar-refractivity contribution in [2.75, 3.05) is 0 Å². The molecule has 0 radical (unpaired) electrons. The number of rotatable bonds is 6. The monoisotopic (exact) mass is 346 g/mol. The summed E-state index contributed by atoms with van der Waals surface area (Å²) in [7, 11) is 0. The maximum atomic E-state index is 13.0. The number of carbonyl (C=O) groups excluding carboxylic acids is 1. The summed E-state index contributed by atoms with van der Waals surface area (Å²) in [6, 6.07) is 13.7. The molecule has 24 heavy (non-hydrogen) atoms. The first-order valence-corrected chi connectivity index (χ1v) is 8.10. The van der Waals surface area contributed by atoms with Crippen molar-refractivity contribution in [1.29, 1.82) is 0 Å². The molecule has 0 aliphatic carbocycles. The van der Waals surface area contributed by atoms with Crippen LogP contribution in [0, 0.1) is 10.1 Å². The van der Waals surface area contributed by atoms with Crippen molar-refractivity contribution in [3.05, 3.63) is 74.8 Å². The van der Waals surface area contributed by atoms with E-state index < -0.39 is 4.92 Å². The molecule has 2 aromatic rings. The maximum Gasteiger partial charge on any atom is 0.283 e. The first-order valence-electron chi connectivity index (χ1n) is 7.72. The van der Waals surface area contributed by atoms with Gasteiger partial charge in [0.05, 0.1) is 4.92 Å². The number of hydrogen-bond donors (Lipinski definition) is 0. The van der Waals surface area contributed by atoms with E-state index in [1.54, 1.807) is 4.90 Å². The molecule has 0 bridgehead atoms. The Bertz CT molecular complexity index is 734. The van der Waals surface area contributed by atoms with Gasteiger partial charge in [0.15, 0.2) is 0 Å². The van der Waals surface area contributed by atoms with Crippen molar-refractivity contribution < 1.29 is 9.72 Å². The van der Waals surface area contributed by atoms with E-state index in [9.17, 15) is 14.9 Å². The van der Waals surface area contributed by atoms with Crippen LogP contribution in [0.25, 0.3) is 0 Å². The third-order valence-corrected chi connectivity index (χ3v) is 4.20. The molecule has 0 heterocycles. The second-order valence-electron chi connectivity index (χ2n) is 5.59. The number of nitrogens with zero attached hydrogens (tertiary/aromatic N) is 2. The van der Waals surface area contributed by atoms with Crippen molar-refractivity contribution >= 4 is 23.2 Å². The van der Waals surface area contributed by atoms with Crippen molar-refractivity contribution in [2.24, 2.45) is 0 Å². The number of nitro groups is 1. The molecular formula is C18H19ClN2O3. The Hall–Kier alpha value is -2.40. The van der Waals surface area contributed by atoms with Gasteiger partial charge in [0.2, 0.25) is 0 Å². The van der Waals surface area contributed by atoms with Crippen LogP contribution in [0.4, 0.5) is 5.69 Å². The Morgan fingerprint density at radius 1 is 1.25 bits per heavy atom. The Morgan fingerprint density at radius 3 is 2.50 bits per heavy atom. The third-order valence-electron chi connectivity index (χ3n) is 3.97. The highest BCUT2D eigenvalue weighted by Gasteiger charge is 2.27. The summed E-state index contributed by atoms with van der Waals surface area (Å²) in [5.74, 6) is -0.364. The molecule has 126 valence electrons. The van der Waals surface area contributed by atoms with E-state index in [0.717, 1.165) is 12.0 Å². The van der Waals surface area contributed by atoms with Gasteiger partial charge < -0.3 is 4.90 Å². The van der Waals surface area contributed by atoms with E-state index in [4.69, 9.17) is 11.6 Å². The lowest BCUT2D eigenvalue weighted by molar-refractivity contribution is -0.385. The van der Waals surface area contributed by atoms with Crippen molar-refractivity contribution in [3.63, 3.8) is 0 Å². The SMILES string of the molecule is CCC(C)N(Cc1ccccc1)C(=O)c1ccc(Cl)cc1[N+](=O)[O-]. The molecule has 0 N–H and O–H groups in total. The summed E-state index contributed by atoms with van der Waals surface area (Å²) in [4.78, 5) is 25.3. The van der Waals surface area contributed by atoms with Gasteiger partial charge in [-0.15, -0.1) is 0 Å². The van der Waals surface area contributed by atoms with Gasteiger partial charge in [-0.05, 0) is 31.0 Å². The average molecular weight is 347 g/mol. The van der Waals surface area contributed by atoms with Crippen LogP contribution in [0.5, 0.6) is 0 Å². The first-order chi connectivity index (χ1) is 11.4. The van der Waals surface area contributed by atoms with Crippen LogP contribution in [-0.4, -0.2) is 21.8 Å². The zero-order valence-electron chi connectivity index (χ0n) is 13.6. The highest BCUT2D eigenvalue weighted by atomic mass is 35.5. The average Bonchev–Trinajstić information content (AvgIpc) is 2.59. The van der Waals surface area contributed by atoms with Crippen molar-refractivity contribution in [3.8, 4) is 0 Å². The molecule has 1 atom stereocenters. The number of amides is 1. The Morgan fingerprint density at radius 2 is 1.92 bits per heavy atom. The standard InChI is InChI=1S/C18H19ClN2O3/c1-3-13(2)20(12-14-7-5-4-6-8-14)18(22)16-10-9-15(19)11-17(16)21(23)24/h4-11,13H,3,12H2,1-2H3. The second kappa shape index (κ2) is 7.93. The first kappa shape index (κ1) is 17.9. The van der Waals surface area contributed by atoms with E-state index in [2.05, 4.69) is 0 Å². The van der Waals surface area contributed by atoms with Gasteiger partial charge in [-0.2, -0.15) is 0 Å². The fourth-order valence-electron chi connectivity index (χ4n) is 2.42. The minimum Gasteiger partial charge on any atom is -0.331 e. The largest absolute Gasteiger partial charge is 0.331 e. The zero-order valence-corrected chi connectivity index (χ0v) is 14.4. The molecule has 0 fully saturated rings. The Balaban J connectivity index is 2.40. The van der Waals surface area contributed by atoms with Crippen molar-refractivity contribution in [1.82, 2.24) is 4.90 Å². The minimum atomic E-state index is -0.573. The molecule has 5 nitrogen and oxygen atoms in total. The summed E-state index contributed by atoms with van der Waals surface area (Å²) in [5.41, 5.74) is 0.761. The topological polar surface area (TPSA) is 63.5 Å². The van der Waals surface area contributed by atoms with Gasteiger partial charge in [0.1, 0.15) is 5.56 Å². The normalized spacial score (nSPS) is 11.8. The lowest BCUT2D eigenvalue weighted by Gasteiger charge is -2.28. The highest BCUT2D eigenvalue weighted by molar-refractivity contribution is 6.31. The number of nitro benzene ring substituents is 1. The molecular weight excluding hydrogens is 328 g/mol. The highest BCUT2D eigenvalue weighted by Crippen LogP contribution is 2.26. The van der Waals surface area contributed by atoms with E-state index in [0.29, 0.717) is 6.54 Å². The predicted octanol–water partition coefficient (Wildman–Crippen LogP) is 4.69. The van der Waals surface area contributed by atoms with E-state index in [1.165, 1.54) is 18.2 Å². The molecule has 1 unspecified atom stereocenters. The molecule has 0 spiro atoms. The van der Waals surface area contributed by atoms with E-state index in [1.807, 2.05) is 44.2 Å². The van der Waals surface area contributed by atoms with Crippen LogP contribution in [0.1, 0.15) is 36.2 Å². The zero-order chi connectivity index (χ0) is 17.7. The van der Waals surface area contributed by atoms with E-state index >= 15 is 0 Å². The predicted molar refractivity (Wildman–Crippen MR) is 94.2 cm³/mol. The van der Waals surface area contributed by atoms with E-state index in [-0.39, 0.29) is 28.2 Å². The summed E-state index contributed by atoms with van der Waals surface area (Å²) in [6.07, 6.45) is 0.750. The number of halogens is 1. The lowest BCUT2D eigenvalue weighted by atomic mass is 10.1. The van der Waals surface area contributed by atoms with Gasteiger partial charge >= 0.3 is 0 Å². The summed E-state index contributed by atoms with van der Waals surface area (Å²) in [6.45, 7) is 4.31. The molecule has 0 aromatic heterocycles. The van der Waals surface area contributed by atoms with Crippen LogP contribution >= 0.6 is 11.6 Å². The smallest absolute Gasteiger partial charge is 0.283 e. The number of benzene rings is 2. The fourth-order valence-corrected chi connectivity index (χ4v) is 2.59. The van der Waals surface area contributed by atoms with Crippen LogP contribution in [0.15, 0.2) is 48.5 Å². The molecule has 1 amide bonds.